The lowest BCUT2D eigenvalue weighted by Gasteiger charge is -2.05. The maximum absolute atomic E-state index is 5.58. The van der Waals surface area contributed by atoms with Crippen LogP contribution in [0, 0.1) is 0 Å². The van der Waals surface area contributed by atoms with Gasteiger partial charge in [0, 0.05) is 5.69 Å². The largest absolute Gasteiger partial charge is 0.458 e. The summed E-state index contributed by atoms with van der Waals surface area (Å²) >= 11 is 0. The van der Waals surface area contributed by atoms with E-state index in [0.29, 0.717) is 0 Å². The van der Waals surface area contributed by atoms with Gasteiger partial charge in [-0.15, -0.1) is 0 Å². The lowest BCUT2D eigenvalue weighted by molar-refractivity contribution is 0.443. The summed E-state index contributed by atoms with van der Waals surface area (Å²) in [6.07, 6.45) is 5.76. The van der Waals surface area contributed by atoms with Crippen LogP contribution in [0.1, 0.15) is 27.7 Å². The zero-order chi connectivity index (χ0) is 12.4. The molecule has 0 aromatic heterocycles. The van der Waals surface area contributed by atoms with Crippen molar-refractivity contribution in [1.82, 2.24) is 0 Å². The molecule has 0 unspecified atom stereocenters. The Bertz CT molecular complexity index is 336. The van der Waals surface area contributed by atoms with Crippen LogP contribution < -0.4 is 10.5 Å². The summed E-state index contributed by atoms with van der Waals surface area (Å²) in [7, 11) is 0. The van der Waals surface area contributed by atoms with Crippen LogP contribution in [0.4, 0.5) is 5.69 Å². The van der Waals surface area contributed by atoms with Crippen molar-refractivity contribution in [2.24, 2.45) is 0 Å². The zero-order valence-corrected chi connectivity index (χ0v) is 10.5. The lowest BCUT2D eigenvalue weighted by atomic mass is 10.3. The molecule has 16 heavy (non-hydrogen) atoms. The molecule has 0 bridgehead atoms. The molecule has 0 aliphatic rings. The van der Waals surface area contributed by atoms with Gasteiger partial charge in [-0.3, -0.25) is 0 Å². The first-order valence-corrected chi connectivity index (χ1v) is 5.58. The topological polar surface area (TPSA) is 35.2 Å². The van der Waals surface area contributed by atoms with Gasteiger partial charge >= 0.3 is 0 Å². The Labute approximate surface area is 98.4 Å². The van der Waals surface area contributed by atoms with Crippen LogP contribution in [0.15, 0.2) is 48.3 Å². The van der Waals surface area contributed by atoms with Gasteiger partial charge < -0.3 is 10.5 Å². The monoisotopic (exact) mass is 219 g/mol. The highest BCUT2D eigenvalue weighted by Gasteiger charge is 1.95. The zero-order valence-electron chi connectivity index (χ0n) is 10.5. The SMILES string of the molecule is C/C=C\C(=C/C)Oc1ccc(N)cc1.CC. The molecule has 0 aliphatic heterocycles. The van der Waals surface area contributed by atoms with Gasteiger partial charge in [0.25, 0.3) is 0 Å². The Balaban J connectivity index is 0.00000106. The first-order chi connectivity index (χ1) is 7.76. The molecule has 0 amide bonds. The third-order valence-corrected chi connectivity index (χ3v) is 1.73. The van der Waals surface area contributed by atoms with Crippen molar-refractivity contribution in [2.75, 3.05) is 5.73 Å². The lowest BCUT2D eigenvalue weighted by Crippen LogP contribution is -1.92. The Hall–Kier alpha value is -1.70. The molecule has 0 saturated heterocycles. The third-order valence-electron chi connectivity index (χ3n) is 1.73. The fourth-order valence-electron chi connectivity index (χ4n) is 1.03. The molecule has 0 atom stereocenters. The second-order valence-electron chi connectivity index (χ2n) is 2.86. The van der Waals surface area contributed by atoms with E-state index in [4.69, 9.17) is 10.5 Å². The average Bonchev–Trinajstić information content (AvgIpc) is 2.34. The molecule has 0 heterocycles. The Kier molecular flexibility index (Phi) is 7.68. The summed E-state index contributed by atoms with van der Waals surface area (Å²) in [5.41, 5.74) is 6.31. The minimum atomic E-state index is 0.741. The maximum atomic E-state index is 5.58. The number of hydrogen-bond acceptors (Lipinski definition) is 2. The van der Waals surface area contributed by atoms with E-state index in [1.54, 1.807) is 0 Å². The molecule has 0 saturated carbocycles. The van der Waals surface area contributed by atoms with Gasteiger partial charge in [0.05, 0.1) is 0 Å². The molecule has 2 nitrogen and oxygen atoms in total. The van der Waals surface area contributed by atoms with E-state index < -0.39 is 0 Å². The first-order valence-electron chi connectivity index (χ1n) is 5.58. The van der Waals surface area contributed by atoms with E-state index in [1.165, 1.54) is 0 Å². The number of hydrogen-bond donors (Lipinski definition) is 1. The quantitative estimate of drug-likeness (QED) is 0.471. The summed E-state index contributed by atoms with van der Waals surface area (Å²) in [5, 5.41) is 0. The summed E-state index contributed by atoms with van der Waals surface area (Å²) < 4.78 is 5.58. The van der Waals surface area contributed by atoms with Gasteiger partial charge in [0.2, 0.25) is 0 Å². The van der Waals surface area contributed by atoms with Crippen molar-refractivity contribution in [2.45, 2.75) is 27.7 Å². The van der Waals surface area contributed by atoms with E-state index in [-0.39, 0.29) is 0 Å². The average molecular weight is 219 g/mol. The van der Waals surface area contributed by atoms with Gasteiger partial charge in [-0.05, 0) is 50.3 Å². The number of ether oxygens (including phenoxy) is 1. The van der Waals surface area contributed by atoms with Crippen LogP contribution >= 0.6 is 0 Å². The van der Waals surface area contributed by atoms with E-state index >= 15 is 0 Å². The van der Waals surface area contributed by atoms with Crippen LogP contribution in [-0.2, 0) is 0 Å². The Morgan fingerprint density at radius 1 is 1.12 bits per heavy atom. The Morgan fingerprint density at radius 2 is 1.69 bits per heavy atom. The molecular weight excluding hydrogens is 198 g/mol. The number of allylic oxidation sites excluding steroid dienone is 3. The predicted octanol–water partition coefficient (Wildman–Crippen LogP) is 4.15. The molecule has 0 spiro atoms. The second-order valence-corrected chi connectivity index (χ2v) is 2.86. The van der Waals surface area contributed by atoms with Gasteiger partial charge in [-0.2, -0.15) is 0 Å². The smallest absolute Gasteiger partial charge is 0.127 e. The normalized spacial score (nSPS) is 10.9. The molecule has 0 fully saturated rings. The number of anilines is 1. The summed E-state index contributed by atoms with van der Waals surface area (Å²) in [4.78, 5) is 0. The third kappa shape index (κ3) is 5.25. The molecule has 2 N–H and O–H groups in total. The molecule has 0 radical (unpaired) electrons. The Morgan fingerprint density at radius 3 is 2.12 bits per heavy atom. The van der Waals surface area contributed by atoms with Crippen LogP contribution in [0.2, 0.25) is 0 Å². The molecule has 0 aliphatic carbocycles. The van der Waals surface area contributed by atoms with Crippen molar-refractivity contribution in [3.8, 4) is 5.75 Å². The summed E-state index contributed by atoms with van der Waals surface area (Å²) in [6, 6.07) is 7.33. The number of nitrogen functional groups attached to an aromatic ring is 1. The van der Waals surface area contributed by atoms with Crippen molar-refractivity contribution < 1.29 is 4.74 Å². The van der Waals surface area contributed by atoms with Gasteiger partial charge in [0.15, 0.2) is 0 Å². The molecule has 1 aromatic rings. The van der Waals surface area contributed by atoms with E-state index in [2.05, 4.69) is 0 Å². The molecule has 1 aromatic carbocycles. The highest BCUT2D eigenvalue weighted by molar-refractivity contribution is 5.42. The van der Waals surface area contributed by atoms with E-state index in [0.717, 1.165) is 17.2 Å². The first kappa shape index (κ1) is 14.3. The highest BCUT2D eigenvalue weighted by Crippen LogP contribution is 2.16. The number of rotatable bonds is 3. The van der Waals surface area contributed by atoms with Crippen LogP contribution in [0.3, 0.4) is 0 Å². The van der Waals surface area contributed by atoms with Gasteiger partial charge in [-0.1, -0.05) is 19.9 Å². The van der Waals surface area contributed by atoms with Crippen molar-refractivity contribution >= 4 is 5.69 Å². The predicted molar refractivity (Wildman–Crippen MR) is 71.4 cm³/mol. The van der Waals surface area contributed by atoms with Crippen LogP contribution in [0.5, 0.6) is 5.75 Å². The molecule has 88 valence electrons. The standard InChI is InChI=1S/C12H15NO.C2H6/c1-3-5-11(4-2)14-12-8-6-10(13)7-9-12;1-2/h3-9H,13H2,1-2H3;1-2H3/b5-3-,11-4+;. The van der Waals surface area contributed by atoms with E-state index in [9.17, 15) is 0 Å². The van der Waals surface area contributed by atoms with Crippen LogP contribution in [-0.4, -0.2) is 0 Å². The molecular formula is C14H21NO. The number of nitrogens with two attached hydrogens (primary N) is 1. The van der Waals surface area contributed by atoms with E-state index in [1.807, 2.05) is 70.2 Å². The maximum Gasteiger partial charge on any atom is 0.127 e. The minimum Gasteiger partial charge on any atom is -0.458 e. The highest BCUT2D eigenvalue weighted by atomic mass is 16.5. The summed E-state index contributed by atoms with van der Waals surface area (Å²) in [6.45, 7) is 7.89. The molecule has 2 heteroatoms. The van der Waals surface area contributed by atoms with Crippen LogP contribution in [0.25, 0.3) is 0 Å². The van der Waals surface area contributed by atoms with Crippen molar-refractivity contribution in [3.05, 3.63) is 48.3 Å². The summed E-state index contributed by atoms with van der Waals surface area (Å²) in [5.74, 6) is 1.63. The second kappa shape index (κ2) is 8.60. The van der Waals surface area contributed by atoms with Crippen molar-refractivity contribution in [1.29, 1.82) is 0 Å². The van der Waals surface area contributed by atoms with Gasteiger partial charge in [-0.25, -0.2) is 0 Å². The van der Waals surface area contributed by atoms with Crippen molar-refractivity contribution in [3.63, 3.8) is 0 Å². The fraction of sp³-hybridized carbons (Fsp3) is 0.286. The number of benzene rings is 1. The fourth-order valence-corrected chi connectivity index (χ4v) is 1.03. The van der Waals surface area contributed by atoms with Gasteiger partial charge in [0.1, 0.15) is 11.5 Å². The molecule has 1 rings (SSSR count). The minimum absolute atomic E-state index is 0.741.